The first-order valence-corrected chi connectivity index (χ1v) is 9.22. The standard InChI is InChI=1S/C21H24Cl2O4/c1-5-6-16(15-7-8-17(22)18(23)11-15)13-27-12-14-9-19(24-2)21(26-4)20(10-14)25-3/h5,7-11,16H,1,6,12-13H2,2-4H3/t16-/m1/s1. The third kappa shape index (κ3) is 5.55. The van der Waals surface area contributed by atoms with Gasteiger partial charge in [-0.2, -0.15) is 0 Å². The van der Waals surface area contributed by atoms with Crippen LogP contribution in [0.4, 0.5) is 0 Å². The van der Waals surface area contributed by atoms with E-state index in [2.05, 4.69) is 6.58 Å². The quantitative estimate of drug-likeness (QED) is 0.457. The Morgan fingerprint density at radius 3 is 2.15 bits per heavy atom. The fourth-order valence-corrected chi connectivity index (χ4v) is 3.11. The summed E-state index contributed by atoms with van der Waals surface area (Å²) in [5.41, 5.74) is 1.99. The molecule has 6 heteroatoms. The van der Waals surface area contributed by atoms with Crippen molar-refractivity contribution in [3.63, 3.8) is 0 Å². The first kappa shape index (κ1) is 21.4. The number of hydrogen-bond acceptors (Lipinski definition) is 4. The second-order valence-electron chi connectivity index (χ2n) is 5.94. The van der Waals surface area contributed by atoms with E-state index >= 15 is 0 Å². The molecule has 0 saturated carbocycles. The minimum Gasteiger partial charge on any atom is -0.493 e. The van der Waals surface area contributed by atoms with E-state index in [1.54, 1.807) is 27.4 Å². The molecule has 0 aliphatic carbocycles. The van der Waals surface area contributed by atoms with Crippen LogP contribution in [0.3, 0.4) is 0 Å². The minimum atomic E-state index is 0.138. The van der Waals surface area contributed by atoms with Crippen molar-refractivity contribution in [1.29, 1.82) is 0 Å². The Labute approximate surface area is 170 Å². The Morgan fingerprint density at radius 2 is 1.63 bits per heavy atom. The molecule has 0 aromatic heterocycles. The Kier molecular flexibility index (Phi) is 8.29. The molecule has 0 saturated heterocycles. The van der Waals surface area contributed by atoms with Gasteiger partial charge in [0.2, 0.25) is 5.75 Å². The molecule has 0 bridgehead atoms. The molecule has 0 amide bonds. The zero-order valence-electron chi connectivity index (χ0n) is 15.8. The Hall–Kier alpha value is -1.88. The first-order chi connectivity index (χ1) is 13.0. The summed E-state index contributed by atoms with van der Waals surface area (Å²) in [5.74, 6) is 1.90. The molecule has 146 valence electrons. The zero-order valence-corrected chi connectivity index (χ0v) is 17.3. The summed E-state index contributed by atoms with van der Waals surface area (Å²) >= 11 is 12.2. The van der Waals surface area contributed by atoms with Crippen LogP contribution >= 0.6 is 23.2 Å². The monoisotopic (exact) mass is 410 g/mol. The molecule has 0 heterocycles. The molecule has 0 unspecified atom stereocenters. The fourth-order valence-electron chi connectivity index (χ4n) is 2.81. The van der Waals surface area contributed by atoms with Gasteiger partial charge in [-0.05, 0) is 41.8 Å². The summed E-state index contributed by atoms with van der Waals surface area (Å²) in [6.45, 7) is 4.76. The normalized spacial score (nSPS) is 11.7. The number of methoxy groups -OCH3 is 3. The van der Waals surface area contributed by atoms with Gasteiger partial charge in [0.15, 0.2) is 11.5 Å². The number of halogens is 2. The number of allylic oxidation sites excluding steroid dienone is 1. The van der Waals surface area contributed by atoms with Crippen LogP contribution in [0.1, 0.15) is 23.5 Å². The van der Waals surface area contributed by atoms with Crippen molar-refractivity contribution in [1.82, 2.24) is 0 Å². The van der Waals surface area contributed by atoms with Gasteiger partial charge in [0.25, 0.3) is 0 Å². The van der Waals surface area contributed by atoms with E-state index in [9.17, 15) is 0 Å². The molecule has 0 aliphatic heterocycles. The van der Waals surface area contributed by atoms with Crippen LogP contribution in [0, 0.1) is 0 Å². The van der Waals surface area contributed by atoms with Gasteiger partial charge >= 0.3 is 0 Å². The minimum absolute atomic E-state index is 0.138. The highest BCUT2D eigenvalue weighted by atomic mass is 35.5. The summed E-state index contributed by atoms with van der Waals surface area (Å²) in [6.07, 6.45) is 2.64. The van der Waals surface area contributed by atoms with Crippen molar-refractivity contribution in [3.8, 4) is 17.2 Å². The molecular weight excluding hydrogens is 387 g/mol. The van der Waals surface area contributed by atoms with E-state index in [0.29, 0.717) is 40.5 Å². The Morgan fingerprint density at radius 1 is 0.963 bits per heavy atom. The van der Waals surface area contributed by atoms with Crippen LogP contribution in [0.2, 0.25) is 10.0 Å². The van der Waals surface area contributed by atoms with Crippen molar-refractivity contribution < 1.29 is 18.9 Å². The maximum Gasteiger partial charge on any atom is 0.203 e. The van der Waals surface area contributed by atoms with Gasteiger partial charge in [-0.25, -0.2) is 0 Å². The van der Waals surface area contributed by atoms with Crippen molar-refractivity contribution in [2.24, 2.45) is 0 Å². The average Bonchev–Trinajstić information content (AvgIpc) is 2.68. The lowest BCUT2D eigenvalue weighted by Crippen LogP contribution is -2.08. The van der Waals surface area contributed by atoms with E-state index in [1.165, 1.54) is 0 Å². The van der Waals surface area contributed by atoms with E-state index in [-0.39, 0.29) is 5.92 Å². The van der Waals surface area contributed by atoms with Crippen molar-refractivity contribution >= 4 is 23.2 Å². The second kappa shape index (κ2) is 10.5. The molecule has 27 heavy (non-hydrogen) atoms. The molecule has 0 N–H and O–H groups in total. The van der Waals surface area contributed by atoms with Crippen molar-refractivity contribution in [2.45, 2.75) is 18.9 Å². The van der Waals surface area contributed by atoms with Gasteiger partial charge in [0.05, 0.1) is 44.6 Å². The van der Waals surface area contributed by atoms with Gasteiger partial charge in [0.1, 0.15) is 0 Å². The number of benzene rings is 2. The summed E-state index contributed by atoms with van der Waals surface area (Å²) < 4.78 is 22.1. The Bertz CT molecular complexity index is 752. The van der Waals surface area contributed by atoms with Crippen molar-refractivity contribution in [3.05, 3.63) is 64.2 Å². The van der Waals surface area contributed by atoms with E-state index in [4.69, 9.17) is 42.1 Å². The summed E-state index contributed by atoms with van der Waals surface area (Å²) in [6, 6.07) is 9.40. The smallest absolute Gasteiger partial charge is 0.203 e. The fraction of sp³-hybridized carbons (Fsp3) is 0.333. The molecule has 2 rings (SSSR count). The maximum absolute atomic E-state index is 6.15. The summed E-state index contributed by atoms with van der Waals surface area (Å²) in [5, 5.41) is 1.07. The second-order valence-corrected chi connectivity index (χ2v) is 6.76. The van der Waals surface area contributed by atoms with E-state index in [0.717, 1.165) is 17.5 Å². The van der Waals surface area contributed by atoms with E-state index in [1.807, 2.05) is 30.3 Å². The van der Waals surface area contributed by atoms with Crippen LogP contribution in [-0.4, -0.2) is 27.9 Å². The van der Waals surface area contributed by atoms with Gasteiger partial charge < -0.3 is 18.9 Å². The predicted molar refractivity (Wildman–Crippen MR) is 110 cm³/mol. The number of rotatable bonds is 10. The van der Waals surface area contributed by atoms with Gasteiger partial charge in [0, 0.05) is 5.92 Å². The molecule has 0 radical (unpaired) electrons. The average molecular weight is 411 g/mol. The topological polar surface area (TPSA) is 36.9 Å². The van der Waals surface area contributed by atoms with Gasteiger partial charge in [-0.3, -0.25) is 0 Å². The van der Waals surface area contributed by atoms with Crippen molar-refractivity contribution in [2.75, 3.05) is 27.9 Å². The largest absolute Gasteiger partial charge is 0.493 e. The van der Waals surface area contributed by atoms with Gasteiger partial charge in [-0.15, -0.1) is 6.58 Å². The maximum atomic E-state index is 6.15. The summed E-state index contributed by atoms with van der Waals surface area (Å²) in [4.78, 5) is 0. The molecule has 1 atom stereocenters. The third-order valence-corrected chi connectivity index (χ3v) is 4.92. The zero-order chi connectivity index (χ0) is 19.8. The van der Waals surface area contributed by atoms with Crippen LogP contribution in [0.15, 0.2) is 43.0 Å². The molecule has 2 aromatic rings. The molecule has 2 aromatic carbocycles. The SMILES string of the molecule is C=CC[C@H](COCc1cc(OC)c(OC)c(OC)c1)c1ccc(Cl)c(Cl)c1. The highest BCUT2D eigenvalue weighted by Crippen LogP contribution is 2.38. The molecule has 0 aliphatic rings. The van der Waals surface area contributed by atoms with Crippen LogP contribution in [0.25, 0.3) is 0 Å². The lowest BCUT2D eigenvalue weighted by molar-refractivity contribution is 0.107. The van der Waals surface area contributed by atoms with E-state index < -0.39 is 0 Å². The molecule has 0 fully saturated rings. The van der Waals surface area contributed by atoms with Crippen LogP contribution in [-0.2, 0) is 11.3 Å². The predicted octanol–water partition coefficient (Wildman–Crippen LogP) is 5.90. The number of hydrogen-bond donors (Lipinski definition) is 0. The van der Waals surface area contributed by atoms with Gasteiger partial charge in [-0.1, -0.05) is 35.3 Å². The van der Waals surface area contributed by atoms with Crippen LogP contribution in [0.5, 0.6) is 17.2 Å². The molecule has 4 nitrogen and oxygen atoms in total. The number of ether oxygens (including phenoxy) is 4. The third-order valence-electron chi connectivity index (χ3n) is 4.18. The lowest BCUT2D eigenvalue weighted by atomic mass is 9.96. The summed E-state index contributed by atoms with van der Waals surface area (Å²) in [7, 11) is 4.76. The first-order valence-electron chi connectivity index (χ1n) is 8.46. The van der Waals surface area contributed by atoms with Crippen LogP contribution < -0.4 is 14.2 Å². The Balaban J connectivity index is 2.10. The highest BCUT2D eigenvalue weighted by Gasteiger charge is 2.15. The highest BCUT2D eigenvalue weighted by molar-refractivity contribution is 6.42. The molecular formula is C21H24Cl2O4. The molecule has 0 spiro atoms. The lowest BCUT2D eigenvalue weighted by Gasteiger charge is -2.18.